The Balaban J connectivity index is 1.64. The predicted molar refractivity (Wildman–Crippen MR) is 121 cm³/mol. The normalized spacial score (nSPS) is 10.9. The van der Waals surface area contributed by atoms with Gasteiger partial charge in [-0.15, -0.1) is 0 Å². The number of carbonyl (C=O) groups excluding carboxylic acids is 1. The molecule has 8 heteroatoms. The number of carbonyl (C=O) groups is 1. The summed E-state index contributed by atoms with van der Waals surface area (Å²) in [6.07, 6.45) is 3.49. The number of hydrogen-bond donors (Lipinski definition) is 3. The lowest BCUT2D eigenvalue weighted by molar-refractivity contribution is 0.0951. The molecule has 3 N–H and O–H groups in total. The van der Waals surface area contributed by atoms with Crippen LogP contribution in [0.2, 0.25) is 10.0 Å². The number of rotatable bonds is 5. The topological polar surface area (TPSA) is 95.1 Å². The Morgan fingerprint density at radius 1 is 1.06 bits per heavy atom. The summed E-state index contributed by atoms with van der Waals surface area (Å²) in [6.45, 7) is 0.324. The van der Waals surface area contributed by atoms with Crippen molar-refractivity contribution in [2.45, 2.75) is 13.0 Å². The minimum atomic E-state index is -0.412. The van der Waals surface area contributed by atoms with Gasteiger partial charge in [-0.2, -0.15) is 0 Å². The molecule has 31 heavy (non-hydrogen) atoms. The molecule has 0 aliphatic carbocycles. The lowest BCUT2D eigenvalue weighted by atomic mass is 10.0. The first-order chi connectivity index (χ1) is 14.9. The summed E-state index contributed by atoms with van der Waals surface area (Å²) in [5, 5.41) is 14.8. The van der Waals surface area contributed by atoms with Crippen molar-refractivity contribution in [3.8, 4) is 5.75 Å². The van der Waals surface area contributed by atoms with E-state index in [1.165, 1.54) is 0 Å². The molecule has 4 aromatic rings. The van der Waals surface area contributed by atoms with Gasteiger partial charge in [-0.05, 0) is 47.5 Å². The molecule has 0 saturated carbocycles. The first kappa shape index (κ1) is 20.9. The van der Waals surface area contributed by atoms with Crippen LogP contribution in [0.25, 0.3) is 10.9 Å². The second-order valence-corrected chi connectivity index (χ2v) is 7.83. The van der Waals surface area contributed by atoms with E-state index in [4.69, 9.17) is 23.2 Å². The highest BCUT2D eigenvalue weighted by atomic mass is 35.5. The van der Waals surface area contributed by atoms with Gasteiger partial charge in [-0.3, -0.25) is 14.6 Å². The van der Waals surface area contributed by atoms with E-state index in [9.17, 15) is 14.7 Å². The third kappa shape index (κ3) is 4.55. The third-order valence-corrected chi connectivity index (χ3v) is 5.62. The van der Waals surface area contributed by atoms with Crippen LogP contribution in [-0.4, -0.2) is 21.0 Å². The van der Waals surface area contributed by atoms with Crippen molar-refractivity contribution in [1.82, 2.24) is 15.3 Å². The van der Waals surface area contributed by atoms with Gasteiger partial charge in [0, 0.05) is 36.3 Å². The Hall–Kier alpha value is -3.35. The van der Waals surface area contributed by atoms with Crippen LogP contribution in [-0.2, 0) is 13.0 Å². The quantitative estimate of drug-likeness (QED) is 0.415. The SMILES string of the molecule is O=C(NCc1cccnc1)c1ccc2[nH]c(=O)c(Cc3ccc(Cl)c(Cl)c3)c(O)c2c1. The average Bonchev–Trinajstić information content (AvgIpc) is 2.78. The van der Waals surface area contributed by atoms with Crippen LogP contribution in [0.5, 0.6) is 5.75 Å². The Morgan fingerprint density at radius 2 is 1.90 bits per heavy atom. The molecular weight excluding hydrogens is 437 g/mol. The largest absolute Gasteiger partial charge is 0.507 e. The molecule has 156 valence electrons. The highest BCUT2D eigenvalue weighted by Gasteiger charge is 2.15. The highest BCUT2D eigenvalue weighted by molar-refractivity contribution is 6.42. The molecule has 0 aliphatic rings. The van der Waals surface area contributed by atoms with E-state index in [-0.39, 0.29) is 23.6 Å². The molecular formula is C23H17Cl2N3O3. The maximum Gasteiger partial charge on any atom is 0.255 e. The van der Waals surface area contributed by atoms with Crippen LogP contribution < -0.4 is 10.9 Å². The molecule has 0 aliphatic heterocycles. The molecule has 0 unspecified atom stereocenters. The molecule has 2 aromatic heterocycles. The monoisotopic (exact) mass is 453 g/mol. The Morgan fingerprint density at radius 3 is 2.65 bits per heavy atom. The van der Waals surface area contributed by atoms with E-state index in [1.54, 1.807) is 54.9 Å². The van der Waals surface area contributed by atoms with Gasteiger partial charge in [0.05, 0.1) is 21.1 Å². The van der Waals surface area contributed by atoms with Crippen molar-refractivity contribution < 1.29 is 9.90 Å². The minimum Gasteiger partial charge on any atom is -0.507 e. The fourth-order valence-corrected chi connectivity index (χ4v) is 3.58. The second-order valence-electron chi connectivity index (χ2n) is 7.01. The maximum absolute atomic E-state index is 12.6. The second kappa shape index (κ2) is 8.79. The van der Waals surface area contributed by atoms with Crippen LogP contribution in [0, 0.1) is 0 Å². The van der Waals surface area contributed by atoms with Gasteiger partial charge >= 0.3 is 0 Å². The van der Waals surface area contributed by atoms with Gasteiger partial charge in [0.15, 0.2) is 0 Å². The van der Waals surface area contributed by atoms with Crippen molar-refractivity contribution >= 4 is 40.0 Å². The van der Waals surface area contributed by atoms with Crippen molar-refractivity contribution in [2.75, 3.05) is 0 Å². The molecule has 4 rings (SSSR count). The van der Waals surface area contributed by atoms with Crippen molar-refractivity contribution in [3.05, 3.63) is 104 Å². The molecule has 0 radical (unpaired) electrons. The van der Waals surface area contributed by atoms with E-state index in [0.717, 1.165) is 11.1 Å². The standard InChI is InChI=1S/C23H17Cl2N3O3/c24-18-5-3-13(9-19(18)25)8-17-21(29)16-10-15(4-6-20(16)28-23(17)31)22(30)27-12-14-2-1-7-26-11-14/h1-7,9-11H,8,12H2,(H,27,30)(H2,28,29,31). The fraction of sp³-hybridized carbons (Fsp3) is 0.0870. The van der Waals surface area contributed by atoms with Gasteiger partial charge in [0.2, 0.25) is 0 Å². The van der Waals surface area contributed by atoms with Crippen molar-refractivity contribution in [1.29, 1.82) is 0 Å². The molecule has 0 saturated heterocycles. The molecule has 1 amide bonds. The summed E-state index contributed by atoms with van der Waals surface area (Å²) in [4.78, 5) is 31.9. The number of pyridine rings is 2. The third-order valence-electron chi connectivity index (χ3n) is 4.89. The number of hydrogen-bond acceptors (Lipinski definition) is 4. The lowest BCUT2D eigenvalue weighted by Crippen LogP contribution is -2.23. The number of aromatic hydroxyl groups is 1. The van der Waals surface area contributed by atoms with Gasteiger partial charge in [0.25, 0.3) is 11.5 Å². The zero-order valence-electron chi connectivity index (χ0n) is 16.2. The number of fused-ring (bicyclic) bond motifs is 1. The number of aromatic nitrogens is 2. The summed E-state index contributed by atoms with van der Waals surface area (Å²) >= 11 is 12.0. The van der Waals surface area contributed by atoms with Crippen LogP contribution in [0.1, 0.15) is 27.0 Å². The molecule has 2 aromatic carbocycles. The van der Waals surface area contributed by atoms with E-state index in [1.807, 2.05) is 6.07 Å². The molecule has 2 heterocycles. The van der Waals surface area contributed by atoms with Gasteiger partial charge in [0.1, 0.15) is 5.75 Å². The smallest absolute Gasteiger partial charge is 0.255 e. The molecule has 6 nitrogen and oxygen atoms in total. The molecule has 0 fully saturated rings. The van der Waals surface area contributed by atoms with Crippen LogP contribution in [0.15, 0.2) is 65.7 Å². The van der Waals surface area contributed by atoms with Crippen LogP contribution in [0.3, 0.4) is 0 Å². The van der Waals surface area contributed by atoms with Crippen molar-refractivity contribution in [2.24, 2.45) is 0 Å². The number of benzene rings is 2. The van der Waals surface area contributed by atoms with E-state index in [0.29, 0.717) is 33.1 Å². The van der Waals surface area contributed by atoms with Gasteiger partial charge < -0.3 is 15.4 Å². The fourth-order valence-electron chi connectivity index (χ4n) is 3.26. The van der Waals surface area contributed by atoms with Crippen LogP contribution >= 0.6 is 23.2 Å². The number of aromatic amines is 1. The van der Waals surface area contributed by atoms with Crippen LogP contribution in [0.4, 0.5) is 0 Å². The van der Waals surface area contributed by atoms with Gasteiger partial charge in [-0.25, -0.2) is 0 Å². The number of H-pyrrole nitrogens is 1. The number of halogens is 2. The Bertz CT molecular complexity index is 1340. The lowest BCUT2D eigenvalue weighted by Gasteiger charge is -2.10. The van der Waals surface area contributed by atoms with E-state index < -0.39 is 5.56 Å². The summed E-state index contributed by atoms with van der Waals surface area (Å²) in [5.74, 6) is -0.478. The van der Waals surface area contributed by atoms with Gasteiger partial charge in [-0.1, -0.05) is 35.3 Å². The minimum absolute atomic E-state index is 0.158. The zero-order chi connectivity index (χ0) is 22.0. The van der Waals surface area contributed by atoms with E-state index >= 15 is 0 Å². The average molecular weight is 454 g/mol. The Labute approximate surface area is 187 Å². The number of nitrogens with zero attached hydrogens (tertiary/aromatic N) is 1. The predicted octanol–water partition coefficient (Wildman–Crippen LogP) is 4.46. The molecule has 0 spiro atoms. The maximum atomic E-state index is 12.6. The molecule has 0 atom stereocenters. The zero-order valence-corrected chi connectivity index (χ0v) is 17.7. The summed E-state index contributed by atoms with van der Waals surface area (Å²) in [7, 11) is 0. The Kier molecular flexibility index (Phi) is 5.93. The van der Waals surface area contributed by atoms with Crippen molar-refractivity contribution in [3.63, 3.8) is 0 Å². The number of nitrogens with one attached hydrogen (secondary N) is 2. The number of amides is 1. The molecule has 0 bridgehead atoms. The summed E-state index contributed by atoms with van der Waals surface area (Å²) in [6, 6.07) is 13.4. The first-order valence-electron chi connectivity index (χ1n) is 9.41. The summed E-state index contributed by atoms with van der Waals surface area (Å²) < 4.78 is 0. The van der Waals surface area contributed by atoms with E-state index in [2.05, 4.69) is 15.3 Å². The first-order valence-corrected chi connectivity index (χ1v) is 10.2. The summed E-state index contributed by atoms with van der Waals surface area (Å²) in [5.41, 5.74) is 2.15. The highest BCUT2D eigenvalue weighted by Crippen LogP contribution is 2.29.